The summed E-state index contributed by atoms with van der Waals surface area (Å²) in [5.74, 6) is 0. The van der Waals surface area contributed by atoms with Gasteiger partial charge in [-0.15, -0.1) is 0 Å². The molecule has 0 amide bonds. The Balaban J connectivity index is 3.16. The van der Waals surface area contributed by atoms with Gasteiger partial charge in [0, 0.05) is 13.0 Å². The Bertz CT molecular complexity index is 284. The normalized spacial score (nSPS) is 35.3. The van der Waals surface area contributed by atoms with Crippen LogP contribution in [0.2, 0.25) is 0 Å². The number of halogens is 4. The maximum absolute atomic E-state index is 12.8. The molecule has 8 heteroatoms. The molecular weight excluding hydrogens is 202 g/mol. The highest BCUT2D eigenvalue weighted by Crippen LogP contribution is 2.42. The monoisotopic (exact) mass is 207 g/mol. The van der Waals surface area contributed by atoms with Gasteiger partial charge in [0.1, 0.15) is 0 Å². The smallest absolute Gasteiger partial charge is 0.214 e. The van der Waals surface area contributed by atoms with Crippen LogP contribution in [-0.4, -0.2) is 26.1 Å². The lowest BCUT2D eigenvalue weighted by Gasteiger charge is -2.20. The highest BCUT2D eigenvalue weighted by molar-refractivity contribution is 7.91. The summed E-state index contributed by atoms with van der Waals surface area (Å²) in [6.45, 7) is -0.516. The van der Waals surface area contributed by atoms with Gasteiger partial charge >= 0.3 is 11.2 Å². The first-order chi connectivity index (χ1) is 5.21. The van der Waals surface area contributed by atoms with Gasteiger partial charge in [-0.25, -0.2) is 17.5 Å². The molecule has 0 saturated carbocycles. The van der Waals surface area contributed by atoms with Crippen LogP contribution in [0, 0.1) is 0 Å². The van der Waals surface area contributed by atoms with E-state index < -0.39 is 34.2 Å². The third kappa shape index (κ3) is 1.09. The number of sulfonamides is 1. The molecule has 0 spiro atoms. The lowest BCUT2D eigenvalue weighted by molar-refractivity contribution is -0.196. The Morgan fingerprint density at radius 3 is 2.00 bits per heavy atom. The van der Waals surface area contributed by atoms with Crippen molar-refractivity contribution in [3.05, 3.63) is 0 Å². The molecule has 3 nitrogen and oxygen atoms in total. The van der Waals surface area contributed by atoms with Crippen LogP contribution in [0.25, 0.3) is 0 Å². The standard InChI is InChI=1S/C4H5F4NO2S/c5-3(4(6,7)8)1-2-9-12(3,10)11/h9H,1-2H2. The van der Waals surface area contributed by atoms with E-state index in [9.17, 15) is 26.0 Å². The molecule has 1 aliphatic rings. The predicted octanol–water partition coefficient (Wildman–Crippen LogP) is 0.538. The van der Waals surface area contributed by atoms with Gasteiger partial charge in [0.25, 0.3) is 10.0 Å². The Hall–Kier alpha value is -0.370. The van der Waals surface area contributed by atoms with Crippen LogP contribution in [0.1, 0.15) is 6.42 Å². The van der Waals surface area contributed by atoms with E-state index in [4.69, 9.17) is 0 Å². The SMILES string of the molecule is O=S1(=O)NCCC1(F)C(F)(F)F. The van der Waals surface area contributed by atoms with Crippen LogP contribution in [0.15, 0.2) is 0 Å². The van der Waals surface area contributed by atoms with E-state index in [2.05, 4.69) is 0 Å². The van der Waals surface area contributed by atoms with Crippen LogP contribution >= 0.6 is 0 Å². The van der Waals surface area contributed by atoms with Gasteiger partial charge in [-0.3, -0.25) is 0 Å². The third-order valence-electron chi connectivity index (χ3n) is 1.59. The topological polar surface area (TPSA) is 46.2 Å². The van der Waals surface area contributed by atoms with Crippen molar-refractivity contribution in [2.24, 2.45) is 0 Å². The number of hydrogen-bond acceptors (Lipinski definition) is 2. The Morgan fingerprint density at radius 2 is 1.83 bits per heavy atom. The van der Waals surface area contributed by atoms with E-state index in [1.54, 1.807) is 0 Å². The number of rotatable bonds is 0. The number of hydrogen-bond donors (Lipinski definition) is 1. The van der Waals surface area contributed by atoms with Crippen LogP contribution in [0.3, 0.4) is 0 Å². The van der Waals surface area contributed by atoms with Gasteiger partial charge in [-0.1, -0.05) is 0 Å². The zero-order chi connectivity index (χ0) is 9.62. The number of nitrogens with one attached hydrogen (secondary N) is 1. The van der Waals surface area contributed by atoms with E-state index >= 15 is 0 Å². The van der Waals surface area contributed by atoms with Crippen LogP contribution in [-0.2, 0) is 10.0 Å². The molecule has 1 aliphatic heterocycles. The minimum absolute atomic E-state index is 0.516. The highest BCUT2D eigenvalue weighted by atomic mass is 32.2. The largest absolute Gasteiger partial charge is 0.438 e. The fraction of sp³-hybridized carbons (Fsp3) is 1.00. The predicted molar refractivity (Wildman–Crippen MR) is 31.4 cm³/mol. The molecule has 1 saturated heterocycles. The molecule has 1 N–H and O–H groups in total. The van der Waals surface area contributed by atoms with Crippen LogP contribution in [0.4, 0.5) is 17.6 Å². The minimum atomic E-state index is -5.37. The van der Waals surface area contributed by atoms with Crippen LogP contribution < -0.4 is 4.72 Å². The van der Waals surface area contributed by atoms with Gasteiger partial charge < -0.3 is 0 Å². The van der Waals surface area contributed by atoms with E-state index in [0.29, 0.717) is 0 Å². The van der Waals surface area contributed by atoms with Crippen molar-refractivity contribution in [2.45, 2.75) is 17.6 Å². The molecule has 1 fully saturated rings. The molecule has 0 aromatic heterocycles. The van der Waals surface area contributed by atoms with Crippen molar-refractivity contribution in [2.75, 3.05) is 6.54 Å². The first-order valence-corrected chi connectivity index (χ1v) is 4.44. The Morgan fingerprint density at radius 1 is 1.33 bits per heavy atom. The average molecular weight is 207 g/mol. The lowest BCUT2D eigenvalue weighted by Crippen LogP contribution is -2.46. The minimum Gasteiger partial charge on any atom is -0.214 e. The van der Waals surface area contributed by atoms with Gasteiger partial charge in [-0.2, -0.15) is 13.2 Å². The van der Waals surface area contributed by atoms with Gasteiger partial charge in [0.05, 0.1) is 0 Å². The molecule has 1 unspecified atom stereocenters. The lowest BCUT2D eigenvalue weighted by atomic mass is 10.2. The van der Waals surface area contributed by atoms with Crippen molar-refractivity contribution < 1.29 is 26.0 Å². The first kappa shape index (κ1) is 9.72. The van der Waals surface area contributed by atoms with E-state index in [0.717, 1.165) is 0 Å². The fourth-order valence-corrected chi connectivity index (χ4v) is 2.16. The molecule has 0 aromatic carbocycles. The second kappa shape index (κ2) is 2.32. The quantitative estimate of drug-likeness (QED) is 0.589. The summed E-state index contributed by atoms with van der Waals surface area (Å²) in [4.78, 5) is 0. The fourth-order valence-electron chi connectivity index (χ4n) is 0.889. The third-order valence-corrected chi connectivity index (χ3v) is 3.46. The van der Waals surface area contributed by atoms with Gasteiger partial charge in [0.15, 0.2) is 0 Å². The van der Waals surface area contributed by atoms with Crippen molar-refractivity contribution in [1.29, 1.82) is 0 Å². The molecule has 0 radical (unpaired) electrons. The maximum atomic E-state index is 12.8. The zero-order valence-corrected chi connectivity index (χ0v) is 6.47. The van der Waals surface area contributed by atoms with Crippen molar-refractivity contribution in [3.63, 3.8) is 0 Å². The van der Waals surface area contributed by atoms with Crippen LogP contribution in [0.5, 0.6) is 0 Å². The molecule has 0 aliphatic carbocycles. The summed E-state index contributed by atoms with van der Waals surface area (Å²) >= 11 is 0. The molecule has 1 rings (SSSR count). The summed E-state index contributed by atoms with van der Waals surface area (Å²) in [6, 6.07) is 0. The molecule has 1 atom stereocenters. The summed E-state index contributed by atoms with van der Waals surface area (Å²) in [6.07, 6.45) is -6.45. The first-order valence-electron chi connectivity index (χ1n) is 2.95. The molecule has 0 bridgehead atoms. The Labute approximate surface area is 65.8 Å². The summed E-state index contributed by atoms with van der Waals surface area (Å²) in [5.41, 5.74) is 0. The van der Waals surface area contributed by atoms with E-state index in [1.165, 1.54) is 4.72 Å². The zero-order valence-electron chi connectivity index (χ0n) is 5.65. The Kier molecular flexibility index (Phi) is 1.88. The van der Waals surface area contributed by atoms with Gasteiger partial charge in [0.2, 0.25) is 0 Å². The van der Waals surface area contributed by atoms with Crippen molar-refractivity contribution >= 4 is 10.0 Å². The van der Waals surface area contributed by atoms with Crippen molar-refractivity contribution in [1.82, 2.24) is 4.72 Å². The van der Waals surface area contributed by atoms with E-state index in [1.807, 2.05) is 0 Å². The maximum Gasteiger partial charge on any atom is 0.438 e. The molecule has 0 aromatic rings. The highest BCUT2D eigenvalue weighted by Gasteiger charge is 2.67. The second-order valence-corrected chi connectivity index (χ2v) is 4.32. The molecule has 1 heterocycles. The van der Waals surface area contributed by atoms with Crippen molar-refractivity contribution in [3.8, 4) is 0 Å². The summed E-state index contributed by atoms with van der Waals surface area (Å²) < 4.78 is 70.9. The van der Waals surface area contributed by atoms with Gasteiger partial charge in [-0.05, 0) is 0 Å². The molecule has 12 heavy (non-hydrogen) atoms. The second-order valence-electron chi connectivity index (χ2n) is 2.37. The summed E-state index contributed by atoms with van der Waals surface area (Å²) in [7, 11) is -4.89. The summed E-state index contributed by atoms with van der Waals surface area (Å²) in [5, 5.41) is -4.11. The average Bonchev–Trinajstić information content (AvgIpc) is 2.07. The number of alkyl halides is 4. The molecule has 72 valence electrons. The van der Waals surface area contributed by atoms with E-state index in [-0.39, 0.29) is 0 Å². The molecular formula is C4H5F4NO2S.